The Balaban J connectivity index is 0. The Labute approximate surface area is 66.8 Å². The van der Waals surface area contributed by atoms with Crippen molar-refractivity contribution in [1.82, 2.24) is 0 Å². The van der Waals surface area contributed by atoms with Crippen molar-refractivity contribution in [2.24, 2.45) is 0 Å². The minimum atomic E-state index is -3.29. The molecule has 0 aromatic carbocycles. The predicted molar refractivity (Wildman–Crippen MR) is 35.2 cm³/mol. The quantitative estimate of drug-likeness (QED) is 0.622. The predicted octanol–water partition coefficient (Wildman–Crippen LogP) is 2.96. The normalized spacial score (nSPS) is 9.12. The Kier molecular flexibility index (Phi) is 10.6. The first-order chi connectivity index (χ1) is 3.41. The Bertz CT molecular complexity index is 53.5. The van der Waals surface area contributed by atoms with E-state index < -0.39 is 15.5 Å². The van der Waals surface area contributed by atoms with Crippen molar-refractivity contribution in [1.29, 1.82) is 0 Å². The Hall–Kier alpha value is 1.71. The molecule has 0 aliphatic heterocycles. The maximum absolute atomic E-state index is 8.81. The van der Waals surface area contributed by atoms with E-state index in [1.807, 2.05) is 0 Å². The summed E-state index contributed by atoms with van der Waals surface area (Å²) in [5, 5.41) is 0. The topological polar surface area (TPSA) is 17.1 Å². The van der Waals surface area contributed by atoms with E-state index in [0.717, 1.165) is 6.29 Å². The molecule has 0 spiro atoms. The molecule has 1 nitrogen and oxygen atoms in total. The van der Waals surface area contributed by atoms with Crippen LogP contribution in [0.5, 0.6) is 0 Å². The standard InChI is InChI=1S/C2H4O.4ClH.Zr/c1-2-3;;;;;/h2H,1H3;4*1H;/q;;;;;+4/p-4. The molecule has 0 aromatic rings. The molecule has 0 aliphatic carbocycles. The van der Waals surface area contributed by atoms with Crippen molar-refractivity contribution < 1.29 is 20.3 Å². The molecule has 0 amide bonds. The van der Waals surface area contributed by atoms with Gasteiger partial charge in [-0.25, -0.2) is 0 Å². The van der Waals surface area contributed by atoms with Gasteiger partial charge in [-0.3, -0.25) is 0 Å². The van der Waals surface area contributed by atoms with Gasteiger partial charge in [0.25, 0.3) is 0 Å². The molecular formula is C2H4Cl4OZr. The third-order valence-electron chi connectivity index (χ3n) is 0. The number of carbonyl (C=O) groups is 1. The van der Waals surface area contributed by atoms with Crippen LogP contribution in [-0.4, -0.2) is 6.29 Å². The fraction of sp³-hybridized carbons (Fsp3) is 0.500. The van der Waals surface area contributed by atoms with Gasteiger partial charge in [0, 0.05) is 0 Å². The summed E-state index contributed by atoms with van der Waals surface area (Å²) in [5.41, 5.74) is 0. The van der Waals surface area contributed by atoms with Gasteiger partial charge in [-0.2, -0.15) is 0 Å². The number of carbonyl (C=O) groups excluding carboxylic acids is 1. The zero-order valence-corrected chi connectivity index (χ0v) is 9.48. The number of aldehydes is 1. The molecule has 0 unspecified atom stereocenters. The summed E-state index contributed by atoms with van der Waals surface area (Å²) in [5.74, 6) is 0. The number of rotatable bonds is 0. The van der Waals surface area contributed by atoms with E-state index in [2.05, 4.69) is 0 Å². The van der Waals surface area contributed by atoms with Gasteiger partial charge in [-0.05, 0) is 6.92 Å². The van der Waals surface area contributed by atoms with E-state index in [9.17, 15) is 0 Å². The van der Waals surface area contributed by atoms with Crippen LogP contribution in [0.2, 0.25) is 0 Å². The molecule has 0 fully saturated rings. The van der Waals surface area contributed by atoms with Crippen LogP contribution in [0.3, 0.4) is 0 Å². The Morgan fingerprint density at radius 3 is 1.25 bits per heavy atom. The summed E-state index contributed by atoms with van der Waals surface area (Å²) in [6.07, 6.45) is 0.750. The summed E-state index contributed by atoms with van der Waals surface area (Å²) in [6, 6.07) is 0. The zero-order chi connectivity index (χ0) is 7.21. The third kappa shape index (κ3) is 118. The minimum absolute atomic E-state index is 0.750. The van der Waals surface area contributed by atoms with E-state index in [-0.39, 0.29) is 0 Å². The van der Waals surface area contributed by atoms with Gasteiger partial charge in [-0.1, -0.05) is 0 Å². The van der Waals surface area contributed by atoms with Crippen molar-refractivity contribution in [3.8, 4) is 0 Å². The van der Waals surface area contributed by atoms with Crippen molar-refractivity contribution >= 4 is 40.3 Å². The second kappa shape index (κ2) is 6.83. The van der Waals surface area contributed by atoms with Crippen LogP contribution in [0.4, 0.5) is 0 Å². The van der Waals surface area contributed by atoms with Gasteiger partial charge in [0.1, 0.15) is 6.29 Å². The SMILES string of the molecule is CC=O.[Cl][Zr]([Cl])([Cl])[Cl]. The zero-order valence-electron chi connectivity index (χ0n) is 4.00. The summed E-state index contributed by atoms with van der Waals surface area (Å²) >= 11 is -3.29. The Morgan fingerprint density at radius 1 is 1.25 bits per heavy atom. The summed E-state index contributed by atoms with van der Waals surface area (Å²) < 4.78 is 0. The molecule has 0 rings (SSSR count). The molecule has 0 radical (unpaired) electrons. The first-order valence-electron chi connectivity index (χ1n) is 1.57. The molecule has 0 bridgehead atoms. The van der Waals surface area contributed by atoms with Gasteiger partial charge >= 0.3 is 49.5 Å². The van der Waals surface area contributed by atoms with Crippen molar-refractivity contribution in [3.05, 3.63) is 0 Å². The second-order valence-corrected chi connectivity index (χ2v) is 23.1. The fourth-order valence-electron chi connectivity index (χ4n) is 0. The molecule has 0 heterocycles. The first-order valence-corrected chi connectivity index (χ1v) is 14.2. The summed E-state index contributed by atoms with van der Waals surface area (Å²) in [7, 11) is 20.1. The summed E-state index contributed by atoms with van der Waals surface area (Å²) in [6.45, 7) is 1.44. The van der Waals surface area contributed by atoms with Crippen molar-refractivity contribution in [3.63, 3.8) is 0 Å². The van der Waals surface area contributed by atoms with Gasteiger partial charge < -0.3 is 4.79 Å². The molecule has 0 N–H and O–H groups in total. The Morgan fingerprint density at radius 2 is 1.25 bits per heavy atom. The summed E-state index contributed by atoms with van der Waals surface area (Å²) in [4.78, 5) is 8.81. The van der Waals surface area contributed by atoms with Gasteiger partial charge in [0.05, 0.1) is 0 Å². The van der Waals surface area contributed by atoms with Crippen molar-refractivity contribution in [2.45, 2.75) is 6.92 Å². The molecule has 0 atom stereocenters. The monoisotopic (exact) mass is 274 g/mol. The molecule has 0 saturated heterocycles. The first kappa shape index (κ1) is 12.4. The molecule has 50 valence electrons. The van der Waals surface area contributed by atoms with Gasteiger partial charge in [0.15, 0.2) is 0 Å². The van der Waals surface area contributed by atoms with Gasteiger partial charge in [0.2, 0.25) is 0 Å². The van der Waals surface area contributed by atoms with Crippen LogP contribution in [0, 0.1) is 0 Å². The number of halogens is 4. The average Bonchev–Trinajstić information content (AvgIpc) is 1.27. The van der Waals surface area contributed by atoms with Crippen LogP contribution in [0.1, 0.15) is 6.92 Å². The molecule has 0 saturated carbocycles. The number of hydrogen-bond donors (Lipinski definition) is 0. The van der Waals surface area contributed by atoms with Crippen LogP contribution >= 0.6 is 34.1 Å². The van der Waals surface area contributed by atoms with E-state index in [1.165, 1.54) is 6.92 Å². The van der Waals surface area contributed by atoms with E-state index in [4.69, 9.17) is 38.8 Å². The molecule has 0 aromatic heterocycles. The molecular weight excluding hydrogens is 273 g/mol. The van der Waals surface area contributed by atoms with Crippen LogP contribution < -0.4 is 0 Å². The number of hydrogen-bond acceptors (Lipinski definition) is 1. The molecule has 8 heavy (non-hydrogen) atoms. The van der Waals surface area contributed by atoms with Crippen LogP contribution in [0.25, 0.3) is 0 Å². The second-order valence-electron chi connectivity index (χ2n) is 0.664. The molecule has 0 aliphatic rings. The maximum atomic E-state index is 8.81. The van der Waals surface area contributed by atoms with E-state index in [0.29, 0.717) is 0 Å². The van der Waals surface area contributed by atoms with Crippen LogP contribution in [0.15, 0.2) is 0 Å². The van der Waals surface area contributed by atoms with E-state index in [1.54, 1.807) is 0 Å². The van der Waals surface area contributed by atoms with Crippen LogP contribution in [-0.2, 0) is 20.3 Å². The average molecular weight is 277 g/mol. The van der Waals surface area contributed by atoms with Gasteiger partial charge in [-0.15, -0.1) is 0 Å². The fourth-order valence-corrected chi connectivity index (χ4v) is 0. The van der Waals surface area contributed by atoms with Crippen molar-refractivity contribution in [2.75, 3.05) is 0 Å². The third-order valence-corrected chi connectivity index (χ3v) is 0. The molecule has 6 heteroatoms. The van der Waals surface area contributed by atoms with E-state index >= 15 is 0 Å².